The molecule has 772 valence electrons. The second kappa shape index (κ2) is 43.1. The van der Waals surface area contributed by atoms with Gasteiger partial charge >= 0.3 is 0 Å². The maximum absolute atomic E-state index is 14.6. The van der Waals surface area contributed by atoms with Crippen LogP contribution < -0.4 is 32.4 Å². The van der Waals surface area contributed by atoms with Crippen LogP contribution in [0.15, 0.2) is 200 Å². The molecule has 7 aliphatic heterocycles. The summed E-state index contributed by atoms with van der Waals surface area (Å²) in [6.45, 7) is 11.3. The largest absolute Gasteiger partial charge is 0.493 e. The first-order valence-corrected chi connectivity index (χ1v) is 48.8. The van der Waals surface area contributed by atoms with Crippen LogP contribution in [-0.4, -0.2) is 138 Å². The molecule has 0 saturated carbocycles. The molecule has 10 aromatic carbocycles. The third kappa shape index (κ3) is 19.7. The van der Waals surface area contributed by atoms with E-state index in [0.29, 0.717) is 169 Å². The van der Waals surface area contributed by atoms with Crippen LogP contribution in [0.5, 0.6) is 11.5 Å². The first-order chi connectivity index (χ1) is 70.1. The van der Waals surface area contributed by atoms with E-state index >= 15 is 0 Å². The van der Waals surface area contributed by atoms with Crippen molar-refractivity contribution in [3.05, 3.63) is 371 Å². The van der Waals surface area contributed by atoms with Crippen molar-refractivity contribution in [1.82, 2.24) is 24.5 Å². The minimum Gasteiger partial charge on any atom is -0.493 e. The second-order valence-corrected chi connectivity index (χ2v) is 38.9. The van der Waals surface area contributed by atoms with E-state index in [2.05, 4.69) is 0 Å². The highest BCUT2D eigenvalue weighted by molar-refractivity contribution is 5.89. The van der Waals surface area contributed by atoms with Gasteiger partial charge in [-0.05, 0) is 364 Å². The van der Waals surface area contributed by atoms with Gasteiger partial charge in [0.25, 0.3) is 0 Å². The molecule has 10 aliphatic rings. The summed E-state index contributed by atoms with van der Waals surface area (Å²) in [5.41, 5.74) is 26.9. The topological polar surface area (TPSA) is 244 Å². The third-order valence-electron chi connectivity index (χ3n) is 30.6. The molecule has 5 spiro atoms. The Labute approximate surface area is 840 Å². The van der Waals surface area contributed by atoms with Crippen molar-refractivity contribution < 1.29 is 109 Å². The number of halogens is 16. The SMILES string of the molecule is CC(=O)N1CC(c2cc(F)ccc2F)=CC12c1cc(F)c(F)cc1CCC2CCN.CC(=O)N1CC(c2cc(F)ccc2F)=CC12c1cc(F)c(F)cc1CCC2CCO.CC(=O)N1CC(c2cc(F)ccc2F)=CC12c1cc(F)cc(C)c1OCC2CCN.CC(=O)N1CC(c2cc(F)ccc2F)=CC12c1cc(F)ccc1CCC2CCN.CC(=O)N1CC(c2cc(F)ccc2F)=CC12c1ccccc1OCC2CCN. The Balaban J connectivity index is 0.000000131. The highest BCUT2D eigenvalue weighted by Gasteiger charge is 2.59. The summed E-state index contributed by atoms with van der Waals surface area (Å²) in [4.78, 5) is 71.4. The van der Waals surface area contributed by atoms with Crippen LogP contribution in [0.4, 0.5) is 70.2 Å². The van der Waals surface area contributed by atoms with Gasteiger partial charge in [0.2, 0.25) is 29.5 Å². The molecular formula is C114H111F16N9O8. The van der Waals surface area contributed by atoms with Gasteiger partial charge in [-0.15, -0.1) is 0 Å². The zero-order chi connectivity index (χ0) is 106. The number of para-hydroxylation sites is 1. The van der Waals surface area contributed by atoms with Crippen LogP contribution in [0.1, 0.15) is 164 Å². The van der Waals surface area contributed by atoms with Crippen molar-refractivity contribution >= 4 is 57.4 Å². The van der Waals surface area contributed by atoms with Crippen molar-refractivity contribution in [2.75, 3.05) is 78.7 Å². The number of nitrogens with zero attached hydrogens (tertiary/aromatic N) is 5. The van der Waals surface area contributed by atoms with Crippen LogP contribution in [0.2, 0.25) is 0 Å². The number of carbonyl (C=O) groups excluding carboxylic acids is 5. The third-order valence-corrected chi connectivity index (χ3v) is 30.6. The average molecular weight is 2040 g/mol. The second-order valence-electron chi connectivity index (χ2n) is 38.9. The number of nitrogens with two attached hydrogens (primary N) is 4. The number of amides is 5. The van der Waals surface area contributed by atoms with Crippen LogP contribution in [0, 0.1) is 130 Å². The van der Waals surface area contributed by atoms with Gasteiger partial charge in [0.15, 0.2) is 23.3 Å². The molecule has 0 radical (unpaired) electrons. The molecule has 17 nitrogen and oxygen atoms in total. The highest BCUT2D eigenvalue weighted by Crippen LogP contribution is 2.60. The molecule has 0 fully saturated rings. The molecule has 5 amide bonds. The number of hydrogen-bond donors (Lipinski definition) is 5. The Morgan fingerprint density at radius 3 is 0.925 bits per heavy atom. The number of hydrogen-bond acceptors (Lipinski definition) is 12. The van der Waals surface area contributed by atoms with Gasteiger partial charge in [-0.1, -0.05) is 24.3 Å². The molecule has 3 aliphatic carbocycles. The standard InChI is InChI=1S/C23H22F4N2O.C23H21F4NO2.C23H23F3N2O2.C23H23F3N2O.C22H22F2N2O2/c1-13(30)29-12-15(18-9-17(24)4-5-20(18)25)11-23(29)16(6-7-28)3-2-14-8-21(26)22(27)10-19(14)23;1-13(30)28-12-15(18-9-17(24)4-5-20(18)25)11-23(28)16(6-7-29)3-2-14-8-21(26)22(27)10-19(14)23;1-13-7-18(25)9-20-22(13)30-12-16(5-6-27)23(20)10-15(11-28(23)14(2)29)19-8-17(24)3-4-21(19)26;1-14(29)28-13-16(20-10-18(24)6-7-22(20)26)12-23(28)17(8-9-27)4-2-15-3-5-19(25)11-21(15)23;1-14(27)26-12-15(18-10-17(23)6-7-20(18)24)11-22(26)16(8-9-25)13-28-21-5-3-2-4-19(21)22/h4-5,8-11,16H,2-3,6-7,12,28H2,1H3;4-5,8-11,16,29H,2-3,6-7,12H2,1H3;3-4,7-10,16H,5-6,11-12,27H2,1-2H3;3,5-7,10-12,17H,2,4,8-9,13,27H2,1H3;2-7,10-11,16H,8-9,12-13,25H2,1H3. The van der Waals surface area contributed by atoms with Crippen LogP contribution in [0.25, 0.3) is 27.9 Å². The Kier molecular flexibility index (Phi) is 31.2. The van der Waals surface area contributed by atoms with E-state index < -0.39 is 115 Å². The van der Waals surface area contributed by atoms with Crippen LogP contribution in [-0.2, 0) is 70.9 Å². The number of fused-ring (bicyclic) bond motifs is 10. The van der Waals surface area contributed by atoms with E-state index in [-0.39, 0.29) is 139 Å². The summed E-state index contributed by atoms with van der Waals surface area (Å²) in [5, 5.41) is 9.63. The van der Waals surface area contributed by atoms with E-state index in [9.17, 15) is 99.3 Å². The molecule has 9 N–H and O–H groups in total. The summed E-state index contributed by atoms with van der Waals surface area (Å²) in [5.74, 6) is -11.5. The van der Waals surface area contributed by atoms with Crippen LogP contribution >= 0.6 is 0 Å². The van der Waals surface area contributed by atoms with Crippen molar-refractivity contribution in [2.45, 2.75) is 140 Å². The van der Waals surface area contributed by atoms with E-state index in [1.165, 1.54) is 69.9 Å². The first-order valence-electron chi connectivity index (χ1n) is 48.8. The molecule has 0 bridgehead atoms. The number of rotatable bonds is 15. The van der Waals surface area contributed by atoms with Gasteiger partial charge < -0.3 is 62.0 Å². The molecule has 0 aromatic heterocycles. The minimum absolute atomic E-state index is 0.00390. The number of aliphatic hydroxyl groups excluding tert-OH is 1. The molecular weight excluding hydrogens is 1930 g/mol. The molecule has 10 unspecified atom stereocenters. The molecule has 147 heavy (non-hydrogen) atoms. The quantitative estimate of drug-likeness (QED) is 0.0602. The van der Waals surface area contributed by atoms with Gasteiger partial charge in [0.05, 0.1) is 40.9 Å². The Bertz CT molecular complexity index is 6850. The Hall–Kier alpha value is -13.5. The summed E-state index contributed by atoms with van der Waals surface area (Å²) in [6.07, 6.45) is 15.2. The van der Waals surface area contributed by atoms with Gasteiger partial charge in [-0.3, -0.25) is 24.0 Å². The van der Waals surface area contributed by atoms with Gasteiger partial charge in [-0.25, -0.2) is 70.2 Å². The Morgan fingerprint density at radius 1 is 0.306 bits per heavy atom. The summed E-state index contributed by atoms with van der Waals surface area (Å²) >= 11 is 0. The maximum Gasteiger partial charge on any atom is 0.220 e. The molecule has 10 atom stereocenters. The average Bonchev–Trinajstić information content (AvgIpc) is 1.60. The number of benzene rings is 10. The molecule has 20 rings (SSSR count). The number of aryl methyl sites for hydroxylation is 4. The predicted octanol–water partition coefficient (Wildman–Crippen LogP) is 20.2. The van der Waals surface area contributed by atoms with Crippen molar-refractivity contribution in [3.8, 4) is 11.5 Å². The molecule has 7 heterocycles. The fourth-order valence-corrected chi connectivity index (χ4v) is 24.3. The van der Waals surface area contributed by atoms with Gasteiger partial charge in [0, 0.05) is 125 Å². The zero-order valence-corrected chi connectivity index (χ0v) is 81.6. The monoisotopic (exact) mass is 2040 g/mol. The van der Waals surface area contributed by atoms with Crippen molar-refractivity contribution in [2.24, 2.45) is 52.5 Å². The lowest BCUT2D eigenvalue weighted by Gasteiger charge is -2.48. The zero-order valence-electron chi connectivity index (χ0n) is 81.6. The lowest BCUT2D eigenvalue weighted by atomic mass is 9.67. The smallest absolute Gasteiger partial charge is 0.220 e. The lowest BCUT2D eigenvalue weighted by molar-refractivity contribution is -0.136. The Morgan fingerprint density at radius 2 is 0.585 bits per heavy atom. The number of aliphatic hydroxyl groups is 1. The van der Waals surface area contributed by atoms with Gasteiger partial charge in [0.1, 0.15) is 81.3 Å². The molecule has 0 saturated heterocycles. The fraction of sp³-hybridized carbons (Fsp3) is 0.342. The summed E-state index contributed by atoms with van der Waals surface area (Å²) < 4.78 is 239. The van der Waals surface area contributed by atoms with Crippen LogP contribution in [0.3, 0.4) is 0 Å². The normalized spacial score (nSPS) is 23.0. The number of carbonyl (C=O) groups is 5. The van der Waals surface area contributed by atoms with E-state index in [0.717, 1.165) is 133 Å². The summed E-state index contributed by atoms with van der Waals surface area (Å²) in [6, 6.07) is 35.6. The molecule has 10 aromatic rings. The van der Waals surface area contributed by atoms with E-state index in [1.54, 1.807) is 50.8 Å². The molecule has 33 heteroatoms. The first kappa shape index (κ1) is 106. The highest BCUT2D eigenvalue weighted by atomic mass is 19.2. The lowest BCUT2D eigenvalue weighted by Crippen LogP contribution is -2.53. The minimum atomic E-state index is -1.18. The maximum atomic E-state index is 14.6. The number of ether oxygens (including phenoxy) is 2. The predicted molar refractivity (Wildman–Crippen MR) is 523 cm³/mol. The fourth-order valence-electron chi connectivity index (χ4n) is 24.3. The summed E-state index contributed by atoms with van der Waals surface area (Å²) in [7, 11) is 0. The van der Waals surface area contributed by atoms with Crippen molar-refractivity contribution in [3.63, 3.8) is 0 Å². The van der Waals surface area contributed by atoms with E-state index in [4.69, 9.17) is 32.4 Å². The van der Waals surface area contributed by atoms with Gasteiger partial charge in [-0.2, -0.15) is 0 Å². The van der Waals surface area contributed by atoms with E-state index in [1.807, 2.05) is 36.4 Å². The van der Waals surface area contributed by atoms with Crippen molar-refractivity contribution in [1.29, 1.82) is 0 Å².